The Labute approximate surface area is 101 Å². The third-order valence-corrected chi connectivity index (χ3v) is 3.05. The zero-order chi connectivity index (χ0) is 12.3. The number of hydrogen-bond acceptors (Lipinski definition) is 4. The van der Waals surface area contributed by atoms with Crippen LogP contribution < -0.4 is 14.8 Å². The van der Waals surface area contributed by atoms with Gasteiger partial charge < -0.3 is 14.8 Å². The number of nitrogens with one attached hydrogen (secondary N) is 1. The van der Waals surface area contributed by atoms with E-state index in [1.54, 1.807) is 32.4 Å². The topological polar surface area (TPSA) is 47.6 Å². The fourth-order valence-corrected chi connectivity index (χ4v) is 2.10. The van der Waals surface area contributed by atoms with Gasteiger partial charge in [-0.25, -0.2) is 0 Å². The van der Waals surface area contributed by atoms with E-state index in [2.05, 4.69) is 5.32 Å². The minimum atomic E-state index is -0.0719. The number of carbonyl (C=O) groups excluding carboxylic acids is 1. The summed E-state index contributed by atoms with van der Waals surface area (Å²) < 4.78 is 10.3. The molecule has 0 amide bonds. The molecule has 0 aliphatic carbocycles. The Morgan fingerprint density at radius 3 is 2.76 bits per heavy atom. The molecule has 92 valence electrons. The maximum atomic E-state index is 12.2. The highest BCUT2D eigenvalue weighted by molar-refractivity contribution is 6.02. The number of methoxy groups -OCH3 is 2. The highest BCUT2D eigenvalue weighted by Crippen LogP contribution is 2.26. The molecule has 4 nitrogen and oxygen atoms in total. The Hall–Kier alpha value is -1.55. The van der Waals surface area contributed by atoms with Crippen molar-refractivity contribution in [2.45, 2.75) is 18.9 Å². The van der Waals surface area contributed by atoms with Crippen LogP contribution >= 0.6 is 0 Å². The Kier molecular flexibility index (Phi) is 3.64. The Morgan fingerprint density at radius 2 is 2.18 bits per heavy atom. The van der Waals surface area contributed by atoms with Crippen molar-refractivity contribution in [3.05, 3.63) is 23.8 Å². The highest BCUT2D eigenvalue weighted by Gasteiger charge is 2.25. The molecule has 1 saturated heterocycles. The second-order valence-corrected chi connectivity index (χ2v) is 4.08. The summed E-state index contributed by atoms with van der Waals surface area (Å²) in [6, 6.07) is 5.21. The van der Waals surface area contributed by atoms with Gasteiger partial charge >= 0.3 is 0 Å². The normalized spacial score (nSPS) is 19.1. The minimum absolute atomic E-state index is 0.0719. The predicted octanol–water partition coefficient (Wildman–Crippen LogP) is 1.64. The van der Waals surface area contributed by atoms with Gasteiger partial charge in [0.05, 0.1) is 25.8 Å². The molecule has 0 spiro atoms. The molecule has 0 radical (unpaired) electrons. The average Bonchev–Trinajstić information content (AvgIpc) is 2.91. The summed E-state index contributed by atoms with van der Waals surface area (Å²) in [5.74, 6) is 1.36. The third kappa shape index (κ3) is 2.42. The van der Waals surface area contributed by atoms with Crippen molar-refractivity contribution in [1.29, 1.82) is 0 Å². The van der Waals surface area contributed by atoms with Crippen molar-refractivity contribution in [2.75, 3.05) is 20.8 Å². The van der Waals surface area contributed by atoms with Crippen LogP contribution in [0.2, 0.25) is 0 Å². The van der Waals surface area contributed by atoms with E-state index in [1.165, 1.54) is 0 Å². The zero-order valence-corrected chi connectivity index (χ0v) is 10.2. The summed E-state index contributed by atoms with van der Waals surface area (Å²) in [7, 11) is 3.16. The number of carbonyl (C=O) groups is 1. The van der Waals surface area contributed by atoms with Gasteiger partial charge in [0.15, 0.2) is 5.78 Å². The van der Waals surface area contributed by atoms with E-state index in [-0.39, 0.29) is 11.8 Å². The lowest BCUT2D eigenvalue weighted by Gasteiger charge is -2.13. The largest absolute Gasteiger partial charge is 0.497 e. The summed E-state index contributed by atoms with van der Waals surface area (Å²) in [4.78, 5) is 12.2. The number of ketones is 1. The first-order valence-corrected chi connectivity index (χ1v) is 5.76. The average molecular weight is 235 g/mol. The minimum Gasteiger partial charge on any atom is -0.497 e. The van der Waals surface area contributed by atoms with E-state index >= 15 is 0 Å². The first-order valence-electron chi connectivity index (χ1n) is 5.76. The van der Waals surface area contributed by atoms with E-state index in [0.29, 0.717) is 17.1 Å². The molecule has 17 heavy (non-hydrogen) atoms. The first-order chi connectivity index (χ1) is 8.26. The molecule has 1 fully saturated rings. The van der Waals surface area contributed by atoms with Crippen molar-refractivity contribution in [2.24, 2.45) is 0 Å². The molecule has 1 aromatic rings. The predicted molar refractivity (Wildman–Crippen MR) is 64.9 cm³/mol. The SMILES string of the molecule is COc1ccc(C(=O)C2CCCN2)c(OC)c1. The van der Waals surface area contributed by atoms with Gasteiger partial charge in [0.1, 0.15) is 11.5 Å². The molecule has 0 bridgehead atoms. The van der Waals surface area contributed by atoms with E-state index in [4.69, 9.17) is 9.47 Å². The number of Topliss-reactive ketones (excluding diaryl/α,β-unsaturated/α-hetero) is 1. The summed E-state index contributed by atoms with van der Waals surface area (Å²) >= 11 is 0. The van der Waals surface area contributed by atoms with Crippen LogP contribution in [0.3, 0.4) is 0 Å². The Morgan fingerprint density at radius 1 is 1.35 bits per heavy atom. The summed E-state index contributed by atoms with van der Waals surface area (Å²) in [5, 5.41) is 3.20. The molecule has 1 atom stereocenters. The van der Waals surface area contributed by atoms with E-state index in [9.17, 15) is 4.79 Å². The monoisotopic (exact) mass is 235 g/mol. The summed E-state index contributed by atoms with van der Waals surface area (Å²) in [6.45, 7) is 0.912. The Bertz CT molecular complexity index is 411. The molecule has 0 aromatic heterocycles. The van der Waals surface area contributed by atoms with Gasteiger partial charge in [0.25, 0.3) is 0 Å². The zero-order valence-electron chi connectivity index (χ0n) is 10.2. The summed E-state index contributed by atoms with van der Waals surface area (Å²) in [6.07, 6.45) is 1.95. The lowest BCUT2D eigenvalue weighted by Crippen LogP contribution is -2.30. The molecular weight excluding hydrogens is 218 g/mol. The molecule has 1 aliphatic heterocycles. The molecule has 1 N–H and O–H groups in total. The van der Waals surface area contributed by atoms with Gasteiger partial charge in [-0.2, -0.15) is 0 Å². The van der Waals surface area contributed by atoms with E-state index in [0.717, 1.165) is 19.4 Å². The smallest absolute Gasteiger partial charge is 0.183 e. The fourth-order valence-electron chi connectivity index (χ4n) is 2.10. The molecule has 1 aromatic carbocycles. The molecule has 1 aliphatic rings. The van der Waals surface area contributed by atoms with Crippen molar-refractivity contribution >= 4 is 5.78 Å². The second-order valence-electron chi connectivity index (χ2n) is 4.08. The van der Waals surface area contributed by atoms with Crippen LogP contribution in [0.4, 0.5) is 0 Å². The van der Waals surface area contributed by atoms with Crippen LogP contribution in [0.25, 0.3) is 0 Å². The molecule has 1 heterocycles. The third-order valence-electron chi connectivity index (χ3n) is 3.05. The van der Waals surface area contributed by atoms with Gasteiger partial charge in [0.2, 0.25) is 0 Å². The highest BCUT2D eigenvalue weighted by atomic mass is 16.5. The summed E-state index contributed by atoms with van der Waals surface area (Å²) in [5.41, 5.74) is 0.618. The van der Waals surface area contributed by atoms with Crippen molar-refractivity contribution in [3.8, 4) is 11.5 Å². The maximum Gasteiger partial charge on any atom is 0.183 e. The van der Waals surface area contributed by atoms with Gasteiger partial charge in [-0.15, -0.1) is 0 Å². The number of ether oxygens (including phenoxy) is 2. The van der Waals surface area contributed by atoms with Gasteiger partial charge in [-0.05, 0) is 31.5 Å². The van der Waals surface area contributed by atoms with Crippen LogP contribution in [0.1, 0.15) is 23.2 Å². The number of rotatable bonds is 4. The number of hydrogen-bond donors (Lipinski definition) is 1. The lowest BCUT2D eigenvalue weighted by atomic mass is 10.0. The molecule has 1 unspecified atom stereocenters. The van der Waals surface area contributed by atoms with Gasteiger partial charge in [-0.3, -0.25) is 4.79 Å². The van der Waals surface area contributed by atoms with Gasteiger partial charge in [0, 0.05) is 6.07 Å². The standard InChI is InChI=1S/C13H17NO3/c1-16-9-5-6-10(12(8-9)17-2)13(15)11-4-3-7-14-11/h5-6,8,11,14H,3-4,7H2,1-2H3. The Balaban J connectivity index is 2.27. The van der Waals surface area contributed by atoms with Crippen molar-refractivity contribution < 1.29 is 14.3 Å². The molecule has 0 saturated carbocycles. The quantitative estimate of drug-likeness (QED) is 0.806. The van der Waals surface area contributed by atoms with E-state index < -0.39 is 0 Å². The van der Waals surface area contributed by atoms with E-state index in [1.807, 2.05) is 0 Å². The van der Waals surface area contributed by atoms with Crippen LogP contribution in [0.15, 0.2) is 18.2 Å². The molecule has 4 heteroatoms. The number of benzene rings is 1. The second kappa shape index (κ2) is 5.19. The van der Waals surface area contributed by atoms with Crippen LogP contribution in [-0.4, -0.2) is 32.6 Å². The lowest BCUT2D eigenvalue weighted by molar-refractivity contribution is 0.0949. The van der Waals surface area contributed by atoms with Gasteiger partial charge in [-0.1, -0.05) is 0 Å². The van der Waals surface area contributed by atoms with Crippen molar-refractivity contribution in [1.82, 2.24) is 5.32 Å². The maximum absolute atomic E-state index is 12.2. The van der Waals surface area contributed by atoms with Crippen LogP contribution in [-0.2, 0) is 0 Å². The molecular formula is C13H17NO3. The van der Waals surface area contributed by atoms with Crippen LogP contribution in [0, 0.1) is 0 Å². The van der Waals surface area contributed by atoms with Crippen molar-refractivity contribution in [3.63, 3.8) is 0 Å². The fraction of sp³-hybridized carbons (Fsp3) is 0.462. The van der Waals surface area contributed by atoms with Crippen LogP contribution in [0.5, 0.6) is 11.5 Å². The molecule has 2 rings (SSSR count). The first kappa shape index (κ1) is 11.9.